The van der Waals surface area contributed by atoms with E-state index in [1.165, 1.54) is 17.7 Å². The van der Waals surface area contributed by atoms with Gasteiger partial charge in [-0.2, -0.15) is 4.98 Å². The molecular weight excluding hydrogens is 321 g/mol. The number of benzene rings is 1. The van der Waals surface area contributed by atoms with E-state index in [1.807, 2.05) is 0 Å². The summed E-state index contributed by atoms with van der Waals surface area (Å²) in [6.07, 6.45) is 5.56. The van der Waals surface area contributed by atoms with Crippen LogP contribution in [0.1, 0.15) is 41.9 Å². The predicted octanol–water partition coefficient (Wildman–Crippen LogP) is 2.60. The Hall–Kier alpha value is -2.70. The molecule has 0 fully saturated rings. The first-order chi connectivity index (χ1) is 12.2. The Morgan fingerprint density at radius 2 is 2.16 bits per heavy atom. The maximum absolute atomic E-state index is 13.0. The van der Waals surface area contributed by atoms with E-state index in [4.69, 9.17) is 0 Å². The largest absolute Gasteiger partial charge is 0.354 e. The summed E-state index contributed by atoms with van der Waals surface area (Å²) < 4.78 is 14.8. The van der Waals surface area contributed by atoms with E-state index in [0.717, 1.165) is 44.3 Å². The number of nitrogens with one attached hydrogen (secondary N) is 2. The molecule has 2 heterocycles. The number of allylic oxidation sites excluding steroid dienone is 1. The van der Waals surface area contributed by atoms with Crippen LogP contribution in [-0.2, 0) is 6.54 Å². The zero-order valence-corrected chi connectivity index (χ0v) is 13.8. The molecule has 6 nitrogen and oxygen atoms in total. The third-order valence-corrected chi connectivity index (χ3v) is 4.67. The van der Waals surface area contributed by atoms with E-state index in [1.54, 1.807) is 16.8 Å². The van der Waals surface area contributed by atoms with Gasteiger partial charge in [-0.15, -0.1) is 5.10 Å². The normalized spacial score (nSPS) is 19.6. The molecule has 130 valence electrons. The lowest BCUT2D eigenvalue weighted by Crippen LogP contribution is -2.36. The Morgan fingerprint density at radius 1 is 1.32 bits per heavy atom. The van der Waals surface area contributed by atoms with Gasteiger partial charge >= 0.3 is 0 Å². The molecule has 0 bridgehead atoms. The minimum atomic E-state index is -0.229. The smallest absolute Gasteiger partial charge is 0.291 e. The number of rotatable bonds is 3. The van der Waals surface area contributed by atoms with E-state index in [0.29, 0.717) is 5.95 Å². The van der Waals surface area contributed by atoms with Crippen LogP contribution in [0.5, 0.6) is 0 Å². The second-order valence-electron chi connectivity index (χ2n) is 6.44. The lowest BCUT2D eigenvalue weighted by molar-refractivity contribution is 0.0924. The third-order valence-electron chi connectivity index (χ3n) is 4.67. The Balaban J connectivity index is 1.38. The van der Waals surface area contributed by atoms with E-state index in [9.17, 15) is 9.18 Å². The second-order valence-corrected chi connectivity index (χ2v) is 6.44. The van der Waals surface area contributed by atoms with Crippen molar-refractivity contribution in [3.8, 4) is 0 Å². The number of halogens is 1. The summed E-state index contributed by atoms with van der Waals surface area (Å²) in [5.74, 6) is 0.429. The molecule has 1 atom stereocenters. The number of amides is 1. The summed E-state index contributed by atoms with van der Waals surface area (Å²) in [5.41, 5.74) is 2.24. The molecule has 0 radical (unpaired) electrons. The van der Waals surface area contributed by atoms with Crippen molar-refractivity contribution in [3.63, 3.8) is 0 Å². The van der Waals surface area contributed by atoms with Crippen LogP contribution < -0.4 is 10.6 Å². The molecule has 1 aliphatic heterocycles. The Labute approximate surface area is 145 Å². The Bertz CT molecular complexity index is 788. The fourth-order valence-corrected chi connectivity index (χ4v) is 3.30. The van der Waals surface area contributed by atoms with Gasteiger partial charge < -0.3 is 10.6 Å². The van der Waals surface area contributed by atoms with Crippen molar-refractivity contribution in [1.29, 1.82) is 0 Å². The molecule has 0 spiro atoms. The van der Waals surface area contributed by atoms with Crippen molar-refractivity contribution in [2.45, 2.75) is 38.3 Å². The quantitative estimate of drug-likeness (QED) is 0.900. The van der Waals surface area contributed by atoms with Crippen LogP contribution >= 0.6 is 0 Å². The molecule has 1 aliphatic carbocycles. The average Bonchev–Trinajstić information content (AvgIpc) is 3.07. The van der Waals surface area contributed by atoms with Gasteiger partial charge in [0.1, 0.15) is 5.82 Å². The van der Waals surface area contributed by atoms with E-state index < -0.39 is 0 Å². The first-order valence-electron chi connectivity index (χ1n) is 8.63. The molecule has 2 N–H and O–H groups in total. The SMILES string of the molecule is O=C(N[C@@H]1CC=C(c2ccc(F)cc2)CC1)c1nc2n(n1)CCCN2. The van der Waals surface area contributed by atoms with Crippen LogP contribution in [0, 0.1) is 5.82 Å². The number of hydrogen-bond acceptors (Lipinski definition) is 4. The number of anilines is 1. The molecule has 25 heavy (non-hydrogen) atoms. The van der Waals surface area contributed by atoms with Gasteiger partial charge in [0.25, 0.3) is 5.91 Å². The number of aryl methyl sites for hydroxylation is 1. The average molecular weight is 341 g/mol. The van der Waals surface area contributed by atoms with Crippen molar-refractivity contribution in [1.82, 2.24) is 20.1 Å². The van der Waals surface area contributed by atoms with Gasteiger partial charge in [0, 0.05) is 19.1 Å². The molecule has 7 heteroatoms. The number of hydrogen-bond donors (Lipinski definition) is 2. The highest BCUT2D eigenvalue weighted by atomic mass is 19.1. The topological polar surface area (TPSA) is 71.8 Å². The number of fused-ring (bicyclic) bond motifs is 1. The van der Waals surface area contributed by atoms with Crippen LogP contribution in [-0.4, -0.2) is 33.3 Å². The zero-order valence-electron chi connectivity index (χ0n) is 13.8. The molecule has 1 aromatic carbocycles. The number of aromatic nitrogens is 3. The Kier molecular flexibility index (Phi) is 4.21. The molecule has 1 aromatic heterocycles. The maximum Gasteiger partial charge on any atom is 0.291 e. The molecule has 0 saturated carbocycles. The summed E-state index contributed by atoms with van der Waals surface area (Å²) in [4.78, 5) is 16.6. The Morgan fingerprint density at radius 3 is 2.88 bits per heavy atom. The van der Waals surface area contributed by atoms with E-state index >= 15 is 0 Å². The summed E-state index contributed by atoms with van der Waals surface area (Å²) in [6.45, 7) is 1.65. The standard InChI is InChI=1S/C18H20FN5O/c19-14-6-2-12(3-7-14)13-4-8-15(9-5-13)21-17(25)16-22-18-20-10-1-11-24(18)23-16/h2-4,6-7,15H,1,5,8-11H2,(H,21,25)(H,20,22,23)/t15-/m1/s1. The van der Waals surface area contributed by atoms with Crippen LogP contribution in [0.2, 0.25) is 0 Å². The van der Waals surface area contributed by atoms with Gasteiger partial charge in [-0.3, -0.25) is 4.79 Å². The van der Waals surface area contributed by atoms with Gasteiger partial charge in [0.05, 0.1) is 0 Å². The highest BCUT2D eigenvalue weighted by Crippen LogP contribution is 2.27. The number of carbonyl (C=O) groups excluding carboxylic acids is 1. The highest BCUT2D eigenvalue weighted by molar-refractivity contribution is 5.91. The van der Waals surface area contributed by atoms with E-state index in [2.05, 4.69) is 26.8 Å². The summed E-state index contributed by atoms with van der Waals surface area (Å²) in [5, 5.41) is 10.4. The minimum Gasteiger partial charge on any atom is -0.354 e. The number of carbonyl (C=O) groups is 1. The first kappa shape index (κ1) is 15.8. The molecule has 0 saturated heterocycles. The molecule has 1 amide bonds. The van der Waals surface area contributed by atoms with Crippen LogP contribution in [0.4, 0.5) is 10.3 Å². The van der Waals surface area contributed by atoms with Crippen molar-refractivity contribution < 1.29 is 9.18 Å². The van der Waals surface area contributed by atoms with Crippen molar-refractivity contribution >= 4 is 17.4 Å². The monoisotopic (exact) mass is 341 g/mol. The summed E-state index contributed by atoms with van der Waals surface area (Å²) >= 11 is 0. The zero-order chi connectivity index (χ0) is 17.2. The predicted molar refractivity (Wildman–Crippen MR) is 92.6 cm³/mol. The van der Waals surface area contributed by atoms with Gasteiger partial charge in [-0.05, 0) is 49.0 Å². The fourth-order valence-electron chi connectivity index (χ4n) is 3.30. The lowest BCUT2D eigenvalue weighted by Gasteiger charge is -2.22. The van der Waals surface area contributed by atoms with Crippen molar-refractivity contribution in [2.24, 2.45) is 0 Å². The third kappa shape index (κ3) is 3.40. The summed E-state index contributed by atoms with van der Waals surface area (Å²) in [7, 11) is 0. The van der Waals surface area contributed by atoms with Crippen molar-refractivity contribution in [3.05, 3.63) is 47.5 Å². The summed E-state index contributed by atoms with van der Waals surface area (Å²) in [6, 6.07) is 6.62. The molecular formula is C18H20FN5O. The van der Waals surface area contributed by atoms with E-state index in [-0.39, 0.29) is 23.6 Å². The number of nitrogens with zero attached hydrogens (tertiary/aromatic N) is 3. The van der Waals surface area contributed by atoms with Gasteiger partial charge in [-0.1, -0.05) is 18.2 Å². The second kappa shape index (κ2) is 6.66. The minimum absolute atomic E-state index is 0.0742. The molecule has 2 aromatic rings. The van der Waals surface area contributed by atoms with Crippen molar-refractivity contribution in [2.75, 3.05) is 11.9 Å². The fraction of sp³-hybridized carbons (Fsp3) is 0.389. The molecule has 2 aliphatic rings. The highest BCUT2D eigenvalue weighted by Gasteiger charge is 2.22. The molecule has 4 rings (SSSR count). The lowest BCUT2D eigenvalue weighted by atomic mass is 9.90. The van der Waals surface area contributed by atoms with Crippen LogP contribution in [0.25, 0.3) is 5.57 Å². The van der Waals surface area contributed by atoms with Gasteiger partial charge in [-0.25, -0.2) is 9.07 Å². The maximum atomic E-state index is 13.0. The first-order valence-corrected chi connectivity index (χ1v) is 8.63. The van der Waals surface area contributed by atoms with Gasteiger partial charge in [0.15, 0.2) is 0 Å². The van der Waals surface area contributed by atoms with Crippen LogP contribution in [0.15, 0.2) is 30.3 Å². The van der Waals surface area contributed by atoms with Gasteiger partial charge in [0.2, 0.25) is 11.8 Å². The molecule has 0 unspecified atom stereocenters. The van der Waals surface area contributed by atoms with Crippen LogP contribution in [0.3, 0.4) is 0 Å².